The van der Waals surface area contributed by atoms with Crippen LogP contribution in [0.4, 0.5) is 5.00 Å². The molecule has 0 spiro atoms. The quantitative estimate of drug-likeness (QED) is 0.841. The van der Waals surface area contributed by atoms with E-state index < -0.39 is 0 Å². The number of fused-ring (bicyclic) bond motifs is 1. The van der Waals surface area contributed by atoms with Gasteiger partial charge in [-0.15, -0.1) is 11.3 Å². The first-order valence-corrected chi connectivity index (χ1v) is 6.94. The van der Waals surface area contributed by atoms with E-state index in [0.29, 0.717) is 10.9 Å². The highest BCUT2D eigenvalue weighted by molar-refractivity contribution is 7.16. The molecule has 0 unspecified atom stereocenters. The molecule has 0 amide bonds. The lowest BCUT2D eigenvalue weighted by atomic mass is 10.00. The Hall–Kier alpha value is -0.870. The van der Waals surface area contributed by atoms with Crippen molar-refractivity contribution in [2.24, 2.45) is 5.92 Å². The minimum atomic E-state index is 0.109. The highest BCUT2D eigenvalue weighted by Gasteiger charge is 2.25. The molecule has 0 fully saturated rings. The molecule has 0 saturated carbocycles. The van der Waals surface area contributed by atoms with Crippen LogP contribution < -0.4 is 5.73 Å². The normalized spacial score (nSPS) is 16.2. The van der Waals surface area contributed by atoms with Gasteiger partial charge in [-0.1, -0.05) is 13.8 Å². The van der Waals surface area contributed by atoms with Crippen LogP contribution in [0.5, 0.6) is 0 Å². The molecule has 0 bridgehead atoms. The van der Waals surface area contributed by atoms with E-state index in [4.69, 9.17) is 5.73 Å². The molecule has 3 nitrogen and oxygen atoms in total. The van der Waals surface area contributed by atoms with Crippen molar-refractivity contribution in [2.75, 3.05) is 18.8 Å². The minimum Gasteiger partial charge on any atom is -0.390 e. The number of anilines is 1. The predicted octanol–water partition coefficient (Wildman–Crippen LogP) is 2.55. The molecule has 2 N–H and O–H groups in total. The Morgan fingerprint density at radius 1 is 1.53 bits per heavy atom. The Bertz CT molecular complexity index is 437. The lowest BCUT2D eigenvalue weighted by Crippen LogP contribution is -2.33. The molecule has 1 aliphatic rings. The molecule has 1 aromatic heterocycles. The number of thiophene rings is 1. The zero-order chi connectivity index (χ0) is 12.6. The van der Waals surface area contributed by atoms with Gasteiger partial charge in [0.2, 0.25) is 0 Å². The summed E-state index contributed by atoms with van der Waals surface area (Å²) in [6.07, 6.45) is 0.963. The molecule has 4 heteroatoms. The van der Waals surface area contributed by atoms with Gasteiger partial charge in [0, 0.05) is 24.5 Å². The van der Waals surface area contributed by atoms with Crippen LogP contribution in [0.25, 0.3) is 0 Å². The number of nitrogens with two attached hydrogens (primary N) is 1. The molecule has 0 atom stereocenters. The van der Waals surface area contributed by atoms with Gasteiger partial charge in [-0.2, -0.15) is 0 Å². The Kier molecular flexibility index (Phi) is 3.54. The average molecular weight is 252 g/mol. The Labute approximate surface area is 107 Å². The number of carbonyl (C=O) groups excluding carboxylic acids is 1. The molecule has 1 aliphatic heterocycles. The first kappa shape index (κ1) is 12.6. The number of rotatable bonds is 3. The molecular weight excluding hydrogens is 232 g/mol. The Morgan fingerprint density at radius 2 is 2.24 bits per heavy atom. The summed E-state index contributed by atoms with van der Waals surface area (Å²) in [6.45, 7) is 9.20. The van der Waals surface area contributed by atoms with Crippen molar-refractivity contribution in [1.82, 2.24) is 4.90 Å². The standard InChI is InChI=1S/C13H20N2OS/c1-8(2)6-15-5-4-10-11(7-15)17-13(14)12(10)9(3)16/h8H,4-7,14H2,1-3H3. The van der Waals surface area contributed by atoms with Gasteiger partial charge in [0.25, 0.3) is 0 Å². The fourth-order valence-corrected chi connectivity index (χ4v) is 3.74. The summed E-state index contributed by atoms with van der Waals surface area (Å²) in [5.41, 5.74) is 7.94. The van der Waals surface area contributed by atoms with Gasteiger partial charge in [-0.05, 0) is 24.8 Å². The van der Waals surface area contributed by atoms with Crippen molar-refractivity contribution in [3.05, 3.63) is 16.0 Å². The zero-order valence-electron chi connectivity index (χ0n) is 10.7. The molecule has 0 saturated heterocycles. The van der Waals surface area contributed by atoms with E-state index in [9.17, 15) is 4.79 Å². The number of Topliss-reactive ketones (excluding diaryl/α,β-unsaturated/α-hetero) is 1. The first-order chi connectivity index (χ1) is 7.99. The van der Waals surface area contributed by atoms with Crippen LogP contribution >= 0.6 is 11.3 Å². The SMILES string of the molecule is CC(=O)c1c(N)sc2c1CCN(CC(C)C)C2. The zero-order valence-corrected chi connectivity index (χ0v) is 11.6. The number of nitrogen functional groups attached to an aromatic ring is 1. The second-order valence-corrected chi connectivity index (χ2v) is 6.31. The second kappa shape index (κ2) is 4.78. The molecule has 0 aromatic carbocycles. The summed E-state index contributed by atoms with van der Waals surface area (Å²) in [4.78, 5) is 15.3. The van der Waals surface area contributed by atoms with Crippen LogP contribution in [0.3, 0.4) is 0 Å². The van der Waals surface area contributed by atoms with E-state index in [1.54, 1.807) is 18.3 Å². The summed E-state index contributed by atoms with van der Waals surface area (Å²) in [5, 5.41) is 0.703. The van der Waals surface area contributed by atoms with Crippen LogP contribution in [-0.4, -0.2) is 23.8 Å². The predicted molar refractivity (Wildman–Crippen MR) is 72.6 cm³/mol. The topological polar surface area (TPSA) is 46.3 Å². The van der Waals surface area contributed by atoms with Crippen molar-refractivity contribution in [1.29, 1.82) is 0 Å². The Morgan fingerprint density at radius 3 is 2.82 bits per heavy atom. The van der Waals surface area contributed by atoms with Crippen LogP contribution in [0, 0.1) is 5.92 Å². The summed E-state index contributed by atoms with van der Waals surface area (Å²) >= 11 is 1.59. The van der Waals surface area contributed by atoms with E-state index in [2.05, 4.69) is 18.7 Å². The number of ketones is 1. The number of hydrogen-bond acceptors (Lipinski definition) is 4. The van der Waals surface area contributed by atoms with Gasteiger partial charge in [-0.25, -0.2) is 0 Å². The molecule has 2 rings (SSSR count). The number of hydrogen-bond donors (Lipinski definition) is 1. The third kappa shape index (κ3) is 2.53. The van der Waals surface area contributed by atoms with E-state index in [0.717, 1.165) is 31.6 Å². The lowest BCUT2D eigenvalue weighted by molar-refractivity contribution is 0.101. The van der Waals surface area contributed by atoms with Crippen LogP contribution in [-0.2, 0) is 13.0 Å². The monoisotopic (exact) mass is 252 g/mol. The maximum Gasteiger partial charge on any atom is 0.163 e. The highest BCUT2D eigenvalue weighted by atomic mass is 32.1. The van der Waals surface area contributed by atoms with Gasteiger partial charge in [-0.3, -0.25) is 9.69 Å². The summed E-state index contributed by atoms with van der Waals surface area (Å²) in [7, 11) is 0. The van der Waals surface area contributed by atoms with Crippen molar-refractivity contribution in [3.63, 3.8) is 0 Å². The minimum absolute atomic E-state index is 0.109. The van der Waals surface area contributed by atoms with E-state index >= 15 is 0 Å². The maximum atomic E-state index is 11.6. The number of nitrogens with zero attached hydrogens (tertiary/aromatic N) is 1. The maximum absolute atomic E-state index is 11.6. The molecule has 0 radical (unpaired) electrons. The second-order valence-electron chi connectivity index (χ2n) is 5.18. The lowest BCUT2D eigenvalue weighted by Gasteiger charge is -2.28. The highest BCUT2D eigenvalue weighted by Crippen LogP contribution is 2.35. The third-order valence-corrected chi connectivity index (χ3v) is 4.18. The van der Waals surface area contributed by atoms with Gasteiger partial charge in [0.15, 0.2) is 5.78 Å². The molecular formula is C13H20N2OS. The molecule has 17 heavy (non-hydrogen) atoms. The number of carbonyl (C=O) groups is 1. The van der Waals surface area contributed by atoms with Gasteiger partial charge >= 0.3 is 0 Å². The van der Waals surface area contributed by atoms with Crippen molar-refractivity contribution in [3.8, 4) is 0 Å². The average Bonchev–Trinajstić information content (AvgIpc) is 2.51. The van der Waals surface area contributed by atoms with Crippen molar-refractivity contribution in [2.45, 2.75) is 33.7 Å². The third-order valence-electron chi connectivity index (χ3n) is 3.14. The van der Waals surface area contributed by atoms with Crippen LogP contribution in [0.15, 0.2) is 0 Å². The fourth-order valence-electron chi connectivity index (χ4n) is 2.54. The van der Waals surface area contributed by atoms with Crippen LogP contribution in [0.2, 0.25) is 0 Å². The van der Waals surface area contributed by atoms with Gasteiger partial charge in [0.1, 0.15) is 0 Å². The van der Waals surface area contributed by atoms with Crippen LogP contribution in [0.1, 0.15) is 41.6 Å². The fraction of sp³-hybridized carbons (Fsp3) is 0.615. The summed E-state index contributed by atoms with van der Waals surface area (Å²) in [5.74, 6) is 0.790. The summed E-state index contributed by atoms with van der Waals surface area (Å²) in [6, 6.07) is 0. The van der Waals surface area contributed by atoms with E-state index in [1.807, 2.05) is 0 Å². The van der Waals surface area contributed by atoms with Gasteiger partial charge < -0.3 is 5.73 Å². The molecule has 1 aromatic rings. The molecule has 0 aliphatic carbocycles. The first-order valence-electron chi connectivity index (χ1n) is 6.12. The van der Waals surface area contributed by atoms with Crippen molar-refractivity contribution < 1.29 is 4.79 Å². The Balaban J connectivity index is 2.23. The largest absolute Gasteiger partial charge is 0.390 e. The smallest absolute Gasteiger partial charge is 0.163 e. The molecule has 94 valence electrons. The van der Waals surface area contributed by atoms with E-state index in [1.165, 1.54) is 10.4 Å². The van der Waals surface area contributed by atoms with Gasteiger partial charge in [0.05, 0.1) is 10.6 Å². The summed E-state index contributed by atoms with van der Waals surface area (Å²) < 4.78 is 0. The van der Waals surface area contributed by atoms with Crippen molar-refractivity contribution >= 4 is 22.1 Å². The van der Waals surface area contributed by atoms with E-state index in [-0.39, 0.29) is 5.78 Å². The molecule has 2 heterocycles.